The van der Waals surface area contributed by atoms with Crippen LogP contribution in [0.4, 0.5) is 0 Å². The number of nitrogens with zero attached hydrogens (tertiary/aromatic N) is 1. The van der Waals surface area contributed by atoms with Crippen LogP contribution in [0.5, 0.6) is 5.75 Å². The number of benzene rings is 1. The molecular formula is C11H10N2O2. The van der Waals surface area contributed by atoms with Gasteiger partial charge in [0.05, 0.1) is 0 Å². The number of H-pyrrole nitrogens is 1. The molecule has 0 saturated carbocycles. The van der Waals surface area contributed by atoms with E-state index < -0.39 is 5.97 Å². The molecule has 2 aromatic rings. The van der Waals surface area contributed by atoms with Gasteiger partial charge in [-0.05, 0) is 25.1 Å². The summed E-state index contributed by atoms with van der Waals surface area (Å²) in [5.41, 5.74) is 1.46. The van der Waals surface area contributed by atoms with Crippen molar-refractivity contribution in [3.63, 3.8) is 0 Å². The minimum absolute atomic E-state index is 0.343. The number of carbonyl (C=O) groups excluding carboxylic acids is 1. The van der Waals surface area contributed by atoms with E-state index in [4.69, 9.17) is 4.74 Å². The molecular weight excluding hydrogens is 192 g/mol. The Labute approximate surface area is 86.9 Å². The molecule has 76 valence electrons. The fourth-order valence-electron chi connectivity index (χ4n) is 1.14. The number of hydrogen-bond donors (Lipinski definition) is 1. The molecule has 0 radical (unpaired) electrons. The number of ether oxygens (including phenoxy) is 1. The standard InChI is InChI=1S/C11H10N2O2/c1-8-2-4-9(5-3-8)15-11(14)10-6-7-12-13-10/h2-7H,1H3,(H,12,13). The lowest BCUT2D eigenvalue weighted by Crippen LogP contribution is -2.08. The van der Waals surface area contributed by atoms with Crippen molar-refractivity contribution in [3.05, 3.63) is 47.8 Å². The number of aromatic nitrogens is 2. The normalized spacial score (nSPS) is 9.93. The Morgan fingerprint density at radius 1 is 1.27 bits per heavy atom. The van der Waals surface area contributed by atoms with Gasteiger partial charge in [0, 0.05) is 6.20 Å². The Balaban J connectivity index is 2.09. The van der Waals surface area contributed by atoms with Crippen LogP contribution in [0.2, 0.25) is 0 Å². The molecule has 1 heterocycles. The molecule has 0 spiro atoms. The number of carbonyl (C=O) groups is 1. The van der Waals surface area contributed by atoms with Crippen molar-refractivity contribution in [2.75, 3.05) is 0 Å². The van der Waals surface area contributed by atoms with E-state index in [1.807, 2.05) is 19.1 Å². The highest BCUT2D eigenvalue weighted by Crippen LogP contribution is 2.12. The molecule has 0 saturated heterocycles. The monoisotopic (exact) mass is 202 g/mol. The summed E-state index contributed by atoms with van der Waals surface area (Å²) < 4.78 is 5.10. The third-order valence-corrected chi connectivity index (χ3v) is 1.95. The summed E-state index contributed by atoms with van der Waals surface area (Å²) in [5.74, 6) is 0.0940. The van der Waals surface area contributed by atoms with Crippen LogP contribution in [0.3, 0.4) is 0 Å². The maximum Gasteiger partial charge on any atom is 0.361 e. The van der Waals surface area contributed by atoms with Gasteiger partial charge in [0.1, 0.15) is 11.4 Å². The number of rotatable bonds is 2. The second kappa shape index (κ2) is 3.96. The molecule has 0 unspecified atom stereocenters. The molecule has 2 rings (SSSR count). The van der Waals surface area contributed by atoms with Crippen LogP contribution in [0.1, 0.15) is 16.1 Å². The molecule has 4 heteroatoms. The van der Waals surface area contributed by atoms with Crippen LogP contribution in [-0.2, 0) is 0 Å². The Hall–Kier alpha value is -2.10. The summed E-state index contributed by atoms with van der Waals surface area (Å²) in [5, 5.41) is 6.22. The number of hydrogen-bond acceptors (Lipinski definition) is 3. The van der Waals surface area contributed by atoms with Crippen LogP contribution in [-0.4, -0.2) is 16.2 Å². The van der Waals surface area contributed by atoms with Crippen molar-refractivity contribution in [1.82, 2.24) is 10.2 Å². The van der Waals surface area contributed by atoms with E-state index in [0.29, 0.717) is 11.4 Å². The topological polar surface area (TPSA) is 55.0 Å². The van der Waals surface area contributed by atoms with Crippen molar-refractivity contribution in [2.24, 2.45) is 0 Å². The minimum atomic E-state index is -0.434. The third-order valence-electron chi connectivity index (χ3n) is 1.95. The highest BCUT2D eigenvalue weighted by Gasteiger charge is 2.08. The largest absolute Gasteiger partial charge is 0.422 e. The van der Waals surface area contributed by atoms with Gasteiger partial charge in [0.15, 0.2) is 0 Å². The molecule has 0 bridgehead atoms. The molecule has 0 atom stereocenters. The first-order chi connectivity index (χ1) is 7.25. The van der Waals surface area contributed by atoms with Gasteiger partial charge in [-0.1, -0.05) is 17.7 Å². The molecule has 4 nitrogen and oxygen atoms in total. The van der Waals surface area contributed by atoms with Gasteiger partial charge < -0.3 is 4.74 Å². The van der Waals surface area contributed by atoms with Gasteiger partial charge in [0.25, 0.3) is 0 Å². The smallest absolute Gasteiger partial charge is 0.361 e. The quantitative estimate of drug-likeness (QED) is 0.598. The van der Waals surface area contributed by atoms with E-state index in [9.17, 15) is 4.79 Å². The molecule has 0 amide bonds. The second-order valence-electron chi connectivity index (χ2n) is 3.17. The summed E-state index contributed by atoms with van der Waals surface area (Å²) in [6.45, 7) is 1.97. The second-order valence-corrected chi connectivity index (χ2v) is 3.17. The molecule has 1 aromatic heterocycles. The zero-order valence-electron chi connectivity index (χ0n) is 8.23. The van der Waals surface area contributed by atoms with Gasteiger partial charge >= 0.3 is 5.97 Å². The van der Waals surface area contributed by atoms with Crippen LogP contribution < -0.4 is 4.74 Å². The summed E-state index contributed by atoms with van der Waals surface area (Å²) in [6.07, 6.45) is 1.51. The highest BCUT2D eigenvalue weighted by atomic mass is 16.5. The summed E-state index contributed by atoms with van der Waals surface area (Å²) >= 11 is 0. The van der Waals surface area contributed by atoms with E-state index in [1.165, 1.54) is 6.20 Å². The molecule has 0 aliphatic heterocycles. The van der Waals surface area contributed by atoms with Crippen LogP contribution >= 0.6 is 0 Å². The summed E-state index contributed by atoms with van der Waals surface area (Å²) in [7, 11) is 0. The number of aryl methyl sites for hydroxylation is 1. The van der Waals surface area contributed by atoms with E-state index in [-0.39, 0.29) is 0 Å². The van der Waals surface area contributed by atoms with Crippen LogP contribution in [0.25, 0.3) is 0 Å². The van der Waals surface area contributed by atoms with Gasteiger partial charge in [0.2, 0.25) is 0 Å². The number of esters is 1. The van der Waals surface area contributed by atoms with E-state index in [0.717, 1.165) is 5.56 Å². The predicted molar refractivity (Wildman–Crippen MR) is 54.7 cm³/mol. The Kier molecular flexibility index (Phi) is 2.49. The van der Waals surface area contributed by atoms with Crippen molar-refractivity contribution < 1.29 is 9.53 Å². The average molecular weight is 202 g/mol. The first-order valence-corrected chi connectivity index (χ1v) is 4.54. The van der Waals surface area contributed by atoms with Crippen LogP contribution in [0.15, 0.2) is 36.5 Å². The Morgan fingerprint density at radius 3 is 2.60 bits per heavy atom. The molecule has 0 fully saturated rings. The molecule has 0 aliphatic rings. The van der Waals surface area contributed by atoms with Crippen molar-refractivity contribution in [3.8, 4) is 5.75 Å². The maximum absolute atomic E-state index is 11.5. The average Bonchev–Trinajstić information content (AvgIpc) is 2.74. The first kappa shape index (κ1) is 9.45. The fraction of sp³-hybridized carbons (Fsp3) is 0.0909. The third kappa shape index (κ3) is 2.22. The lowest BCUT2D eigenvalue weighted by molar-refractivity contribution is 0.0728. The number of nitrogens with one attached hydrogen (secondary N) is 1. The summed E-state index contributed by atoms with van der Waals surface area (Å²) in [6, 6.07) is 8.84. The van der Waals surface area contributed by atoms with Crippen molar-refractivity contribution >= 4 is 5.97 Å². The van der Waals surface area contributed by atoms with Gasteiger partial charge in [-0.2, -0.15) is 5.10 Å². The maximum atomic E-state index is 11.5. The Bertz CT molecular complexity index is 446. The molecule has 15 heavy (non-hydrogen) atoms. The predicted octanol–water partition coefficient (Wildman–Crippen LogP) is 1.94. The highest BCUT2D eigenvalue weighted by molar-refractivity contribution is 5.88. The van der Waals surface area contributed by atoms with E-state index in [2.05, 4.69) is 10.2 Å². The van der Waals surface area contributed by atoms with E-state index in [1.54, 1.807) is 18.2 Å². The molecule has 1 N–H and O–H groups in total. The Morgan fingerprint density at radius 2 is 2.00 bits per heavy atom. The van der Waals surface area contributed by atoms with Gasteiger partial charge in [-0.25, -0.2) is 4.79 Å². The van der Waals surface area contributed by atoms with Gasteiger partial charge in [-0.15, -0.1) is 0 Å². The number of aromatic amines is 1. The van der Waals surface area contributed by atoms with Crippen molar-refractivity contribution in [1.29, 1.82) is 0 Å². The summed E-state index contributed by atoms with van der Waals surface area (Å²) in [4.78, 5) is 11.5. The van der Waals surface area contributed by atoms with Crippen molar-refractivity contribution in [2.45, 2.75) is 6.92 Å². The molecule has 1 aromatic carbocycles. The zero-order chi connectivity index (χ0) is 10.7. The zero-order valence-corrected chi connectivity index (χ0v) is 8.23. The van der Waals surface area contributed by atoms with E-state index >= 15 is 0 Å². The van der Waals surface area contributed by atoms with Crippen LogP contribution in [0, 0.1) is 6.92 Å². The lowest BCUT2D eigenvalue weighted by atomic mass is 10.2. The van der Waals surface area contributed by atoms with Gasteiger partial charge in [-0.3, -0.25) is 5.10 Å². The fourth-order valence-corrected chi connectivity index (χ4v) is 1.14. The molecule has 0 aliphatic carbocycles. The first-order valence-electron chi connectivity index (χ1n) is 4.54. The minimum Gasteiger partial charge on any atom is -0.422 e. The lowest BCUT2D eigenvalue weighted by Gasteiger charge is -2.02. The SMILES string of the molecule is Cc1ccc(OC(=O)c2ccn[nH]2)cc1.